The number of amides is 1. The van der Waals surface area contributed by atoms with Gasteiger partial charge in [0.2, 0.25) is 5.91 Å². The Kier molecular flexibility index (Phi) is 2.50. The van der Waals surface area contributed by atoms with Crippen molar-refractivity contribution in [3.8, 4) is 0 Å². The predicted octanol–water partition coefficient (Wildman–Crippen LogP) is 0.882. The zero-order valence-electron chi connectivity index (χ0n) is 7.64. The molecule has 0 aromatic carbocycles. The molecule has 0 saturated carbocycles. The summed E-state index contributed by atoms with van der Waals surface area (Å²) in [5, 5.41) is 2.73. The van der Waals surface area contributed by atoms with Crippen molar-refractivity contribution in [3.05, 3.63) is 0 Å². The molecule has 1 aliphatic heterocycles. The van der Waals surface area contributed by atoms with Crippen molar-refractivity contribution < 1.29 is 9.59 Å². The summed E-state index contributed by atoms with van der Waals surface area (Å²) in [5.41, 5.74) is -0.743. The predicted molar refractivity (Wildman–Crippen MR) is 45.6 cm³/mol. The Hall–Kier alpha value is -0.860. The summed E-state index contributed by atoms with van der Waals surface area (Å²) in [4.78, 5) is 22.8. The van der Waals surface area contributed by atoms with Crippen molar-refractivity contribution >= 4 is 11.7 Å². The van der Waals surface area contributed by atoms with E-state index in [0.29, 0.717) is 19.4 Å². The van der Waals surface area contributed by atoms with Gasteiger partial charge in [0.15, 0.2) is 0 Å². The van der Waals surface area contributed by atoms with E-state index < -0.39 is 5.41 Å². The summed E-state index contributed by atoms with van der Waals surface area (Å²) >= 11 is 0. The van der Waals surface area contributed by atoms with E-state index in [2.05, 4.69) is 5.32 Å². The highest BCUT2D eigenvalue weighted by Crippen LogP contribution is 2.28. The molecule has 1 rings (SSSR count). The van der Waals surface area contributed by atoms with E-state index in [4.69, 9.17) is 0 Å². The van der Waals surface area contributed by atoms with Gasteiger partial charge in [-0.15, -0.1) is 0 Å². The first-order chi connectivity index (χ1) is 5.61. The lowest BCUT2D eigenvalue weighted by Gasteiger charge is -2.30. The topological polar surface area (TPSA) is 46.2 Å². The van der Waals surface area contributed by atoms with Crippen LogP contribution >= 0.6 is 0 Å². The fourth-order valence-corrected chi connectivity index (χ4v) is 1.61. The molecule has 1 heterocycles. The molecule has 12 heavy (non-hydrogen) atoms. The average Bonchev–Trinajstić information content (AvgIpc) is 2.09. The number of Topliss-reactive ketones (excluding diaryl/α,β-unsaturated/α-hetero) is 1. The summed E-state index contributed by atoms with van der Waals surface area (Å²) in [6, 6.07) is 0. The van der Waals surface area contributed by atoms with Gasteiger partial charge in [0.1, 0.15) is 11.2 Å². The molecule has 1 amide bonds. The fourth-order valence-electron chi connectivity index (χ4n) is 1.61. The van der Waals surface area contributed by atoms with Gasteiger partial charge in [0.05, 0.1) is 0 Å². The highest BCUT2D eigenvalue weighted by molar-refractivity contribution is 6.05. The third-order valence-corrected chi connectivity index (χ3v) is 2.58. The Labute approximate surface area is 72.5 Å². The molecule has 0 aliphatic carbocycles. The zero-order valence-corrected chi connectivity index (χ0v) is 7.64. The van der Waals surface area contributed by atoms with Crippen LogP contribution in [0.4, 0.5) is 0 Å². The second kappa shape index (κ2) is 3.25. The third-order valence-electron chi connectivity index (χ3n) is 2.58. The van der Waals surface area contributed by atoms with Crippen LogP contribution in [0, 0.1) is 5.41 Å². The molecule has 0 aromatic heterocycles. The van der Waals surface area contributed by atoms with E-state index in [-0.39, 0.29) is 11.7 Å². The molecule has 1 aliphatic rings. The van der Waals surface area contributed by atoms with Crippen molar-refractivity contribution in [2.24, 2.45) is 5.41 Å². The Balaban J connectivity index is 2.79. The molecule has 1 fully saturated rings. The summed E-state index contributed by atoms with van der Waals surface area (Å²) in [7, 11) is 0. The number of hydrogen-bond donors (Lipinski definition) is 1. The van der Waals surface area contributed by atoms with E-state index in [1.165, 1.54) is 0 Å². The summed E-state index contributed by atoms with van der Waals surface area (Å²) < 4.78 is 0. The summed E-state index contributed by atoms with van der Waals surface area (Å²) in [5.74, 6) is -0.0414. The monoisotopic (exact) mass is 169 g/mol. The van der Waals surface area contributed by atoms with Crippen LogP contribution in [0.15, 0.2) is 0 Å². The molecule has 68 valence electrons. The van der Waals surface area contributed by atoms with E-state index >= 15 is 0 Å². The van der Waals surface area contributed by atoms with Crippen molar-refractivity contribution in [3.63, 3.8) is 0 Å². The molecule has 1 N–H and O–H groups in total. The standard InChI is InChI=1S/C9H15NO2/c1-3-7(11)9(2)5-4-6-10-8(9)12/h3-6H2,1-2H3,(H,10,12). The number of piperidine rings is 1. The van der Waals surface area contributed by atoms with Crippen LogP contribution in [0.1, 0.15) is 33.1 Å². The van der Waals surface area contributed by atoms with Crippen molar-refractivity contribution in [1.29, 1.82) is 0 Å². The molecule has 1 unspecified atom stereocenters. The number of hydrogen-bond acceptors (Lipinski definition) is 2. The van der Waals surface area contributed by atoms with Crippen LogP contribution < -0.4 is 5.32 Å². The second-order valence-corrected chi connectivity index (χ2v) is 3.47. The van der Waals surface area contributed by atoms with Crippen LogP contribution in [-0.2, 0) is 9.59 Å². The highest BCUT2D eigenvalue weighted by Gasteiger charge is 2.40. The molecular weight excluding hydrogens is 154 g/mol. The molecule has 0 bridgehead atoms. The van der Waals surface area contributed by atoms with Crippen molar-refractivity contribution in [1.82, 2.24) is 5.32 Å². The lowest BCUT2D eigenvalue weighted by molar-refractivity contribution is -0.143. The van der Waals surface area contributed by atoms with Crippen LogP contribution in [-0.4, -0.2) is 18.2 Å². The Morgan fingerprint density at radius 3 is 2.83 bits per heavy atom. The lowest BCUT2D eigenvalue weighted by Crippen LogP contribution is -2.48. The molecule has 0 spiro atoms. The molecule has 3 heteroatoms. The van der Waals surface area contributed by atoms with E-state index in [1.807, 2.05) is 0 Å². The van der Waals surface area contributed by atoms with Crippen LogP contribution in [0.3, 0.4) is 0 Å². The minimum absolute atomic E-state index is 0.0553. The number of carbonyl (C=O) groups is 2. The minimum Gasteiger partial charge on any atom is -0.355 e. The molecule has 3 nitrogen and oxygen atoms in total. The van der Waals surface area contributed by atoms with Gasteiger partial charge in [-0.2, -0.15) is 0 Å². The number of nitrogens with one attached hydrogen (secondary N) is 1. The first kappa shape index (κ1) is 9.23. The van der Waals surface area contributed by atoms with Crippen LogP contribution in [0.5, 0.6) is 0 Å². The number of carbonyl (C=O) groups excluding carboxylic acids is 2. The summed E-state index contributed by atoms with van der Waals surface area (Å²) in [6.07, 6.45) is 2.06. The van der Waals surface area contributed by atoms with E-state index in [9.17, 15) is 9.59 Å². The van der Waals surface area contributed by atoms with Gasteiger partial charge in [-0.1, -0.05) is 6.92 Å². The first-order valence-corrected chi connectivity index (χ1v) is 4.43. The molecular formula is C9H15NO2. The second-order valence-electron chi connectivity index (χ2n) is 3.47. The SMILES string of the molecule is CCC(=O)C1(C)CCCNC1=O. The molecule has 0 aromatic rings. The molecule has 1 atom stereocenters. The van der Waals surface area contributed by atoms with Crippen molar-refractivity contribution in [2.45, 2.75) is 33.1 Å². The van der Waals surface area contributed by atoms with Gasteiger partial charge in [0, 0.05) is 13.0 Å². The minimum atomic E-state index is -0.743. The Morgan fingerprint density at radius 2 is 2.33 bits per heavy atom. The Morgan fingerprint density at radius 1 is 1.67 bits per heavy atom. The van der Waals surface area contributed by atoms with Crippen molar-refractivity contribution in [2.75, 3.05) is 6.54 Å². The van der Waals surface area contributed by atoms with Crippen LogP contribution in [0.2, 0.25) is 0 Å². The van der Waals surface area contributed by atoms with Gasteiger partial charge >= 0.3 is 0 Å². The maximum absolute atomic E-state index is 11.4. The maximum Gasteiger partial charge on any atom is 0.233 e. The molecule has 0 radical (unpaired) electrons. The average molecular weight is 169 g/mol. The van der Waals surface area contributed by atoms with E-state index in [1.54, 1.807) is 13.8 Å². The number of rotatable bonds is 2. The fraction of sp³-hybridized carbons (Fsp3) is 0.778. The quantitative estimate of drug-likeness (QED) is 0.624. The van der Waals surface area contributed by atoms with Gasteiger partial charge in [-0.25, -0.2) is 0 Å². The zero-order chi connectivity index (χ0) is 9.19. The van der Waals surface area contributed by atoms with Gasteiger partial charge < -0.3 is 5.32 Å². The normalized spacial score (nSPS) is 29.7. The Bertz CT molecular complexity index is 203. The summed E-state index contributed by atoms with van der Waals surface area (Å²) in [6.45, 7) is 4.26. The van der Waals surface area contributed by atoms with E-state index in [0.717, 1.165) is 6.42 Å². The van der Waals surface area contributed by atoms with Gasteiger partial charge in [0.25, 0.3) is 0 Å². The molecule has 1 saturated heterocycles. The van der Waals surface area contributed by atoms with Gasteiger partial charge in [-0.05, 0) is 19.8 Å². The first-order valence-electron chi connectivity index (χ1n) is 4.43. The van der Waals surface area contributed by atoms with Gasteiger partial charge in [-0.3, -0.25) is 9.59 Å². The lowest BCUT2D eigenvalue weighted by atomic mass is 9.77. The largest absolute Gasteiger partial charge is 0.355 e. The highest BCUT2D eigenvalue weighted by atomic mass is 16.2. The maximum atomic E-state index is 11.4. The number of ketones is 1. The third kappa shape index (κ3) is 1.36. The van der Waals surface area contributed by atoms with Crippen LogP contribution in [0.25, 0.3) is 0 Å². The smallest absolute Gasteiger partial charge is 0.233 e.